The molecule has 2 N–H and O–H groups in total. The molecule has 3 nitrogen and oxygen atoms in total. The zero-order chi connectivity index (χ0) is 12.3. The minimum absolute atomic E-state index is 0.228. The van der Waals surface area contributed by atoms with Crippen LogP contribution in [-0.4, -0.2) is 30.3 Å². The topological polar surface area (TPSA) is 35.5 Å². The molecular weight excluding hydrogens is 212 g/mol. The fourth-order valence-electron chi connectivity index (χ4n) is 2.30. The highest BCUT2D eigenvalue weighted by atomic mass is 16.3. The van der Waals surface area contributed by atoms with Crippen LogP contribution in [0.25, 0.3) is 0 Å². The fourth-order valence-corrected chi connectivity index (χ4v) is 2.30. The minimum atomic E-state index is -0.228. The quantitative estimate of drug-likeness (QED) is 0.836. The molecule has 0 spiro atoms. The van der Waals surface area contributed by atoms with Crippen LogP contribution in [0.5, 0.6) is 0 Å². The molecule has 0 aliphatic carbocycles. The van der Waals surface area contributed by atoms with Gasteiger partial charge in [-0.15, -0.1) is 0 Å². The maximum Gasteiger partial charge on any atom is 0.0528 e. The summed E-state index contributed by atoms with van der Waals surface area (Å²) in [6.45, 7) is 6.92. The van der Waals surface area contributed by atoms with Gasteiger partial charge in [-0.25, -0.2) is 0 Å². The average molecular weight is 234 g/mol. The van der Waals surface area contributed by atoms with Gasteiger partial charge in [-0.2, -0.15) is 0 Å². The Morgan fingerprint density at radius 2 is 2.24 bits per heavy atom. The van der Waals surface area contributed by atoms with Crippen LogP contribution in [0.2, 0.25) is 0 Å². The van der Waals surface area contributed by atoms with Crippen LogP contribution >= 0.6 is 0 Å². The van der Waals surface area contributed by atoms with Crippen LogP contribution in [0.15, 0.2) is 24.3 Å². The number of nitrogens with one attached hydrogen (secondary N) is 1. The number of anilines is 1. The van der Waals surface area contributed by atoms with Gasteiger partial charge in [-0.3, -0.25) is 0 Å². The van der Waals surface area contributed by atoms with Gasteiger partial charge in [0.25, 0.3) is 0 Å². The van der Waals surface area contributed by atoms with E-state index in [0.717, 1.165) is 26.1 Å². The standard InChI is InChI=1S/C14H22N2O/c1-11-10-16(8-7-12(2)17)14-6-4-3-5-13(14)9-15-11/h3-6,11-12,15,17H,7-10H2,1-2H3. The normalized spacial score (nSPS) is 21.8. The zero-order valence-corrected chi connectivity index (χ0v) is 10.7. The van der Waals surface area contributed by atoms with E-state index in [0.29, 0.717) is 6.04 Å². The summed E-state index contributed by atoms with van der Waals surface area (Å²) in [5, 5.41) is 12.9. The van der Waals surface area contributed by atoms with E-state index in [2.05, 4.69) is 41.4 Å². The fraction of sp³-hybridized carbons (Fsp3) is 0.571. The molecule has 3 heteroatoms. The highest BCUT2D eigenvalue weighted by Crippen LogP contribution is 2.23. The maximum absolute atomic E-state index is 9.42. The smallest absolute Gasteiger partial charge is 0.0528 e. The van der Waals surface area contributed by atoms with Gasteiger partial charge in [0.15, 0.2) is 0 Å². The minimum Gasteiger partial charge on any atom is -0.393 e. The van der Waals surface area contributed by atoms with Crippen LogP contribution in [0.3, 0.4) is 0 Å². The number of hydrogen-bond acceptors (Lipinski definition) is 3. The lowest BCUT2D eigenvalue weighted by Gasteiger charge is -2.27. The van der Waals surface area contributed by atoms with Gasteiger partial charge in [0.05, 0.1) is 6.10 Å². The number of rotatable bonds is 3. The molecule has 1 aromatic carbocycles. The molecule has 1 aliphatic rings. The lowest BCUT2D eigenvalue weighted by atomic mass is 10.1. The second kappa shape index (κ2) is 5.52. The number of fused-ring (bicyclic) bond motifs is 1. The highest BCUT2D eigenvalue weighted by molar-refractivity contribution is 5.54. The van der Waals surface area contributed by atoms with Crippen molar-refractivity contribution in [3.63, 3.8) is 0 Å². The Hall–Kier alpha value is -1.06. The summed E-state index contributed by atoms with van der Waals surface area (Å²) in [5.74, 6) is 0. The molecule has 0 bridgehead atoms. The van der Waals surface area contributed by atoms with Crippen LogP contribution < -0.4 is 10.2 Å². The first kappa shape index (κ1) is 12.4. The summed E-state index contributed by atoms with van der Waals surface area (Å²) in [6.07, 6.45) is 0.592. The summed E-state index contributed by atoms with van der Waals surface area (Å²) >= 11 is 0. The number of para-hydroxylation sites is 1. The van der Waals surface area contributed by atoms with E-state index in [1.165, 1.54) is 11.3 Å². The summed E-state index contributed by atoms with van der Waals surface area (Å²) < 4.78 is 0. The summed E-state index contributed by atoms with van der Waals surface area (Å²) in [6, 6.07) is 9.01. The third kappa shape index (κ3) is 3.20. The number of nitrogens with zero attached hydrogens (tertiary/aromatic N) is 1. The Kier molecular flexibility index (Phi) is 4.02. The molecule has 0 fully saturated rings. The summed E-state index contributed by atoms with van der Waals surface area (Å²) in [4.78, 5) is 2.38. The Bertz CT molecular complexity index is 365. The first-order valence-electron chi connectivity index (χ1n) is 6.41. The van der Waals surface area contributed by atoms with Crippen molar-refractivity contribution in [3.8, 4) is 0 Å². The molecule has 1 heterocycles. The Morgan fingerprint density at radius 1 is 1.47 bits per heavy atom. The third-order valence-corrected chi connectivity index (χ3v) is 3.28. The third-order valence-electron chi connectivity index (χ3n) is 3.28. The van der Waals surface area contributed by atoms with Crippen molar-refractivity contribution in [1.29, 1.82) is 0 Å². The number of hydrogen-bond donors (Lipinski definition) is 2. The predicted molar refractivity (Wildman–Crippen MR) is 71.3 cm³/mol. The molecule has 1 aliphatic heterocycles. The van der Waals surface area contributed by atoms with Gasteiger partial charge in [-0.1, -0.05) is 18.2 Å². The monoisotopic (exact) mass is 234 g/mol. The van der Waals surface area contributed by atoms with E-state index < -0.39 is 0 Å². The summed E-state index contributed by atoms with van der Waals surface area (Å²) in [7, 11) is 0. The second-order valence-electron chi connectivity index (χ2n) is 4.99. The van der Waals surface area contributed by atoms with E-state index in [4.69, 9.17) is 0 Å². The molecule has 0 saturated heterocycles. The summed E-state index contributed by atoms with van der Waals surface area (Å²) in [5.41, 5.74) is 2.66. The second-order valence-corrected chi connectivity index (χ2v) is 4.99. The Morgan fingerprint density at radius 3 is 3.00 bits per heavy atom. The van der Waals surface area contributed by atoms with Gasteiger partial charge in [0, 0.05) is 31.4 Å². The molecular formula is C14H22N2O. The van der Waals surface area contributed by atoms with Crippen LogP contribution in [-0.2, 0) is 6.54 Å². The molecule has 94 valence electrons. The van der Waals surface area contributed by atoms with E-state index in [-0.39, 0.29) is 6.10 Å². The van der Waals surface area contributed by atoms with Crippen molar-refractivity contribution < 1.29 is 5.11 Å². The van der Waals surface area contributed by atoms with E-state index >= 15 is 0 Å². The van der Waals surface area contributed by atoms with Gasteiger partial charge >= 0.3 is 0 Å². The number of aliphatic hydroxyl groups excluding tert-OH is 1. The van der Waals surface area contributed by atoms with Crippen molar-refractivity contribution in [2.24, 2.45) is 0 Å². The molecule has 2 unspecified atom stereocenters. The first-order chi connectivity index (χ1) is 8.16. The maximum atomic E-state index is 9.42. The van der Waals surface area contributed by atoms with Crippen molar-refractivity contribution >= 4 is 5.69 Å². The number of aliphatic hydroxyl groups is 1. The molecule has 2 rings (SSSR count). The van der Waals surface area contributed by atoms with Crippen molar-refractivity contribution in [2.45, 2.75) is 39.0 Å². The van der Waals surface area contributed by atoms with Crippen molar-refractivity contribution in [2.75, 3.05) is 18.0 Å². The lowest BCUT2D eigenvalue weighted by molar-refractivity contribution is 0.186. The van der Waals surface area contributed by atoms with Crippen molar-refractivity contribution in [1.82, 2.24) is 5.32 Å². The van der Waals surface area contributed by atoms with Gasteiger partial charge < -0.3 is 15.3 Å². The molecule has 0 radical (unpaired) electrons. The van der Waals surface area contributed by atoms with Crippen LogP contribution in [0.1, 0.15) is 25.8 Å². The number of benzene rings is 1. The molecule has 0 saturated carbocycles. The average Bonchev–Trinajstić information content (AvgIpc) is 2.47. The highest BCUT2D eigenvalue weighted by Gasteiger charge is 2.18. The van der Waals surface area contributed by atoms with Gasteiger partial charge in [0.1, 0.15) is 0 Å². The van der Waals surface area contributed by atoms with E-state index in [1.54, 1.807) is 0 Å². The lowest BCUT2D eigenvalue weighted by Crippen LogP contribution is -2.37. The van der Waals surface area contributed by atoms with Gasteiger partial charge in [0.2, 0.25) is 0 Å². The SMILES string of the molecule is CC(O)CCN1CC(C)NCc2ccccc21. The molecule has 0 amide bonds. The van der Waals surface area contributed by atoms with E-state index in [9.17, 15) is 5.11 Å². The molecule has 0 aromatic heterocycles. The zero-order valence-electron chi connectivity index (χ0n) is 10.7. The van der Waals surface area contributed by atoms with E-state index in [1.807, 2.05) is 6.92 Å². The molecule has 17 heavy (non-hydrogen) atoms. The van der Waals surface area contributed by atoms with Crippen molar-refractivity contribution in [3.05, 3.63) is 29.8 Å². The molecule has 1 aromatic rings. The van der Waals surface area contributed by atoms with Crippen LogP contribution in [0.4, 0.5) is 5.69 Å². The van der Waals surface area contributed by atoms with Crippen LogP contribution in [0, 0.1) is 0 Å². The van der Waals surface area contributed by atoms with Gasteiger partial charge in [-0.05, 0) is 31.9 Å². The Labute approximate surface area is 103 Å². The molecule has 2 atom stereocenters. The first-order valence-corrected chi connectivity index (χ1v) is 6.41. The Balaban J connectivity index is 2.17. The predicted octanol–water partition coefficient (Wildman–Crippen LogP) is 1.76. The largest absolute Gasteiger partial charge is 0.393 e.